The molecule has 7 nitrogen and oxygen atoms in total. The van der Waals surface area contributed by atoms with Crippen LogP contribution in [-0.2, 0) is 0 Å². The van der Waals surface area contributed by atoms with E-state index in [1.807, 2.05) is 0 Å². The number of hydrogen-bond acceptors (Lipinski definition) is 5. The Morgan fingerprint density at radius 1 is 0.905 bits per heavy atom. The Hall–Kier alpha value is -3.10. The third kappa shape index (κ3) is 3.26. The third-order valence-electron chi connectivity index (χ3n) is 2.41. The number of benzene rings is 2. The zero-order valence-corrected chi connectivity index (χ0v) is 10.2. The van der Waals surface area contributed by atoms with Gasteiger partial charge in [-0.3, -0.25) is 20.2 Å². The van der Waals surface area contributed by atoms with Gasteiger partial charge in [-0.05, 0) is 6.07 Å². The average molecular weight is 296 g/mol. The van der Waals surface area contributed by atoms with Gasteiger partial charge < -0.3 is 4.74 Å². The molecule has 0 amide bonds. The molecule has 108 valence electrons. The molecule has 0 aromatic heterocycles. The van der Waals surface area contributed by atoms with Gasteiger partial charge >= 0.3 is 5.69 Å². The van der Waals surface area contributed by atoms with Crippen molar-refractivity contribution in [2.45, 2.75) is 0 Å². The Bertz CT molecular complexity index is 736. The molecule has 0 unspecified atom stereocenters. The van der Waals surface area contributed by atoms with E-state index in [0.29, 0.717) is 6.07 Å². The average Bonchev–Trinajstić information content (AvgIpc) is 2.37. The molecule has 0 aliphatic rings. The minimum atomic E-state index is -0.960. The van der Waals surface area contributed by atoms with Gasteiger partial charge in [-0.15, -0.1) is 0 Å². The quantitative estimate of drug-likeness (QED) is 0.634. The summed E-state index contributed by atoms with van der Waals surface area (Å²) in [6.07, 6.45) is 0. The molecule has 0 bridgehead atoms. The summed E-state index contributed by atoms with van der Waals surface area (Å²) >= 11 is 0. The molecule has 0 aliphatic carbocycles. The molecular weight excluding hydrogens is 290 g/mol. The smallest absolute Gasteiger partial charge is 0.311 e. The van der Waals surface area contributed by atoms with Crippen molar-refractivity contribution in [2.75, 3.05) is 0 Å². The summed E-state index contributed by atoms with van der Waals surface area (Å²) in [7, 11) is 0. The Labute approximate surface area is 115 Å². The molecule has 0 aliphatic heterocycles. The second kappa shape index (κ2) is 5.49. The SMILES string of the molecule is O=[N+]([O-])c1cc(F)cc(Oc2cc(F)ccc2[N+](=O)[O-])c1. The van der Waals surface area contributed by atoms with Crippen LogP contribution in [0.4, 0.5) is 20.2 Å². The first-order chi connectivity index (χ1) is 9.86. The summed E-state index contributed by atoms with van der Waals surface area (Å²) in [5, 5.41) is 21.4. The van der Waals surface area contributed by atoms with Crippen LogP contribution in [0.25, 0.3) is 0 Å². The van der Waals surface area contributed by atoms with Gasteiger partial charge in [-0.25, -0.2) is 8.78 Å². The summed E-state index contributed by atoms with van der Waals surface area (Å²) in [6, 6.07) is 4.79. The Balaban J connectivity index is 2.45. The topological polar surface area (TPSA) is 95.5 Å². The maximum absolute atomic E-state index is 13.2. The lowest BCUT2D eigenvalue weighted by Crippen LogP contribution is -1.96. The lowest BCUT2D eigenvalue weighted by atomic mass is 10.2. The van der Waals surface area contributed by atoms with Gasteiger partial charge in [0.25, 0.3) is 5.69 Å². The molecule has 0 fully saturated rings. The lowest BCUT2D eigenvalue weighted by Gasteiger charge is -2.06. The second-order valence-electron chi connectivity index (χ2n) is 3.87. The van der Waals surface area contributed by atoms with Gasteiger partial charge in [0, 0.05) is 18.2 Å². The van der Waals surface area contributed by atoms with Crippen LogP contribution in [0.15, 0.2) is 36.4 Å². The first-order valence-electron chi connectivity index (χ1n) is 5.43. The molecule has 0 saturated heterocycles. The first kappa shape index (κ1) is 14.3. The van der Waals surface area contributed by atoms with Crippen LogP contribution in [0, 0.1) is 31.9 Å². The highest BCUT2D eigenvalue weighted by Crippen LogP contribution is 2.33. The van der Waals surface area contributed by atoms with E-state index in [4.69, 9.17) is 4.74 Å². The number of nitro groups is 2. The number of non-ortho nitro benzene ring substituents is 1. The van der Waals surface area contributed by atoms with Gasteiger partial charge in [0.15, 0.2) is 0 Å². The predicted molar refractivity (Wildman–Crippen MR) is 66.2 cm³/mol. The van der Waals surface area contributed by atoms with Crippen molar-refractivity contribution >= 4 is 11.4 Å². The van der Waals surface area contributed by atoms with Crippen LogP contribution in [-0.4, -0.2) is 9.85 Å². The van der Waals surface area contributed by atoms with Crippen molar-refractivity contribution in [1.82, 2.24) is 0 Å². The number of halogens is 2. The van der Waals surface area contributed by atoms with Crippen molar-refractivity contribution in [3.05, 3.63) is 68.3 Å². The van der Waals surface area contributed by atoms with Crippen molar-refractivity contribution in [3.63, 3.8) is 0 Å². The van der Waals surface area contributed by atoms with Crippen LogP contribution in [0.3, 0.4) is 0 Å². The normalized spacial score (nSPS) is 10.2. The molecule has 0 spiro atoms. The van der Waals surface area contributed by atoms with E-state index in [0.717, 1.165) is 30.3 Å². The molecule has 9 heteroatoms. The first-order valence-corrected chi connectivity index (χ1v) is 5.43. The molecule has 21 heavy (non-hydrogen) atoms. The van der Waals surface area contributed by atoms with E-state index in [9.17, 15) is 29.0 Å². The molecule has 0 heterocycles. The van der Waals surface area contributed by atoms with Crippen molar-refractivity contribution in [2.24, 2.45) is 0 Å². The molecule has 0 atom stereocenters. The van der Waals surface area contributed by atoms with Gasteiger partial charge in [0.05, 0.1) is 22.0 Å². The van der Waals surface area contributed by atoms with Gasteiger partial charge in [-0.1, -0.05) is 0 Å². The van der Waals surface area contributed by atoms with Crippen LogP contribution in [0.1, 0.15) is 0 Å². The lowest BCUT2D eigenvalue weighted by molar-refractivity contribution is -0.386. The van der Waals surface area contributed by atoms with E-state index >= 15 is 0 Å². The van der Waals surface area contributed by atoms with E-state index in [1.54, 1.807) is 0 Å². The third-order valence-corrected chi connectivity index (χ3v) is 2.41. The van der Waals surface area contributed by atoms with Crippen molar-refractivity contribution < 1.29 is 23.4 Å². The fourth-order valence-corrected chi connectivity index (χ4v) is 1.56. The molecular formula is C12H6F2N2O5. The summed E-state index contributed by atoms with van der Waals surface area (Å²) < 4.78 is 31.3. The highest BCUT2D eigenvalue weighted by atomic mass is 19.1. The molecule has 2 rings (SSSR count). The molecule has 2 aromatic carbocycles. The van der Waals surface area contributed by atoms with Crippen molar-refractivity contribution in [3.8, 4) is 11.5 Å². The Morgan fingerprint density at radius 3 is 2.24 bits per heavy atom. The molecule has 0 N–H and O–H groups in total. The van der Waals surface area contributed by atoms with Crippen LogP contribution in [0.2, 0.25) is 0 Å². The maximum atomic E-state index is 13.2. The van der Waals surface area contributed by atoms with E-state index in [-0.39, 0.29) is 5.75 Å². The van der Waals surface area contributed by atoms with Crippen LogP contribution < -0.4 is 4.74 Å². The molecule has 0 saturated carbocycles. The summed E-state index contributed by atoms with van der Waals surface area (Å²) in [5.74, 6) is -2.60. The minimum Gasteiger partial charge on any atom is -0.450 e. The fraction of sp³-hybridized carbons (Fsp3) is 0. The summed E-state index contributed by atoms with van der Waals surface area (Å²) in [5.41, 5.74) is -1.15. The zero-order chi connectivity index (χ0) is 15.6. The van der Waals surface area contributed by atoms with E-state index in [1.165, 1.54) is 0 Å². The minimum absolute atomic E-state index is 0.351. The number of rotatable bonds is 4. The largest absolute Gasteiger partial charge is 0.450 e. The maximum Gasteiger partial charge on any atom is 0.311 e. The summed E-state index contributed by atoms with van der Waals surface area (Å²) in [6.45, 7) is 0. The molecule has 2 aromatic rings. The van der Waals surface area contributed by atoms with Gasteiger partial charge in [-0.2, -0.15) is 0 Å². The van der Waals surface area contributed by atoms with E-state index < -0.39 is 38.6 Å². The zero-order valence-electron chi connectivity index (χ0n) is 10.2. The predicted octanol–water partition coefficient (Wildman–Crippen LogP) is 3.57. The van der Waals surface area contributed by atoms with Crippen LogP contribution >= 0.6 is 0 Å². The van der Waals surface area contributed by atoms with Gasteiger partial charge in [0.2, 0.25) is 5.75 Å². The fourth-order valence-electron chi connectivity index (χ4n) is 1.56. The number of hydrogen-bond donors (Lipinski definition) is 0. The Morgan fingerprint density at radius 2 is 1.62 bits per heavy atom. The van der Waals surface area contributed by atoms with Crippen LogP contribution in [0.5, 0.6) is 11.5 Å². The highest BCUT2D eigenvalue weighted by Gasteiger charge is 2.18. The van der Waals surface area contributed by atoms with Gasteiger partial charge in [0.1, 0.15) is 17.4 Å². The standard InChI is InChI=1S/C12H6F2N2O5/c13-7-1-2-11(16(19)20)12(5-7)21-10-4-8(14)3-9(6-10)15(17)18/h1-6H. The summed E-state index contributed by atoms with van der Waals surface area (Å²) in [4.78, 5) is 19.7. The highest BCUT2D eigenvalue weighted by molar-refractivity contribution is 5.49. The number of nitro benzene ring substituents is 2. The number of nitrogens with zero attached hydrogens (tertiary/aromatic N) is 2. The Kier molecular flexibility index (Phi) is 3.74. The van der Waals surface area contributed by atoms with Crippen molar-refractivity contribution in [1.29, 1.82) is 0 Å². The number of ether oxygens (including phenoxy) is 1. The second-order valence-corrected chi connectivity index (χ2v) is 3.87. The monoisotopic (exact) mass is 296 g/mol. The molecule has 0 radical (unpaired) electrons. The van der Waals surface area contributed by atoms with E-state index in [2.05, 4.69) is 0 Å².